The highest BCUT2D eigenvalue weighted by Crippen LogP contribution is 2.22. The highest BCUT2D eigenvalue weighted by Gasteiger charge is 2.16. The van der Waals surface area contributed by atoms with Crippen LogP contribution in [0.2, 0.25) is 5.02 Å². The summed E-state index contributed by atoms with van der Waals surface area (Å²) in [5.41, 5.74) is 0.869. The maximum absolute atomic E-state index is 12.1. The topological polar surface area (TPSA) is 76.1 Å². The normalized spacial score (nSPS) is 10.2. The number of ether oxygens (including phenoxy) is 2. The van der Waals surface area contributed by atoms with E-state index in [0.717, 1.165) is 11.3 Å². The lowest BCUT2D eigenvalue weighted by molar-refractivity contribution is -0.133. The smallest absolute Gasteiger partial charge is 0.342 e. The number of amides is 1. The molecule has 0 heterocycles. The van der Waals surface area contributed by atoms with Gasteiger partial charge in [-0.25, -0.2) is 4.79 Å². The molecule has 25 heavy (non-hydrogen) atoms. The largest absolute Gasteiger partial charge is 0.507 e. The van der Waals surface area contributed by atoms with Crippen LogP contribution in [-0.2, 0) is 16.1 Å². The van der Waals surface area contributed by atoms with Gasteiger partial charge < -0.3 is 19.5 Å². The average Bonchev–Trinajstić information content (AvgIpc) is 2.60. The molecular weight excluding hydrogens is 346 g/mol. The summed E-state index contributed by atoms with van der Waals surface area (Å²) in [4.78, 5) is 25.4. The molecule has 0 atom stereocenters. The molecule has 0 spiro atoms. The minimum absolute atomic E-state index is 0.0463. The van der Waals surface area contributed by atoms with Crippen molar-refractivity contribution in [3.05, 3.63) is 58.6 Å². The summed E-state index contributed by atoms with van der Waals surface area (Å²) in [6.45, 7) is -0.0554. The molecule has 6 nitrogen and oxygen atoms in total. The van der Waals surface area contributed by atoms with Crippen LogP contribution in [0.15, 0.2) is 42.5 Å². The second kappa shape index (κ2) is 8.39. The molecule has 0 aromatic heterocycles. The number of halogens is 1. The molecule has 0 aliphatic rings. The van der Waals surface area contributed by atoms with Gasteiger partial charge in [-0.05, 0) is 35.9 Å². The zero-order valence-corrected chi connectivity index (χ0v) is 14.6. The third-order valence-corrected chi connectivity index (χ3v) is 3.75. The van der Waals surface area contributed by atoms with Crippen molar-refractivity contribution < 1.29 is 24.2 Å². The Morgan fingerprint density at radius 2 is 1.84 bits per heavy atom. The van der Waals surface area contributed by atoms with Gasteiger partial charge in [0.15, 0.2) is 6.61 Å². The number of aromatic hydroxyl groups is 1. The monoisotopic (exact) mass is 363 g/mol. The van der Waals surface area contributed by atoms with E-state index in [1.165, 1.54) is 23.1 Å². The highest BCUT2D eigenvalue weighted by atomic mass is 35.5. The Balaban J connectivity index is 1.88. The quantitative estimate of drug-likeness (QED) is 0.799. The van der Waals surface area contributed by atoms with E-state index in [0.29, 0.717) is 11.6 Å². The van der Waals surface area contributed by atoms with E-state index in [-0.39, 0.29) is 17.2 Å². The Kier molecular flexibility index (Phi) is 6.25. The number of phenolic OH excluding ortho intramolecular Hbond substituents is 1. The van der Waals surface area contributed by atoms with Crippen LogP contribution in [0.3, 0.4) is 0 Å². The number of benzene rings is 2. The molecule has 1 N–H and O–H groups in total. The third-order valence-electron chi connectivity index (χ3n) is 3.51. The van der Waals surface area contributed by atoms with Crippen molar-refractivity contribution in [2.45, 2.75) is 6.54 Å². The van der Waals surface area contributed by atoms with Gasteiger partial charge in [-0.3, -0.25) is 4.79 Å². The van der Waals surface area contributed by atoms with E-state index in [1.54, 1.807) is 26.3 Å². The maximum Gasteiger partial charge on any atom is 0.342 e. The van der Waals surface area contributed by atoms with Crippen LogP contribution < -0.4 is 4.74 Å². The number of nitrogens with zero attached hydrogens (tertiary/aromatic N) is 1. The van der Waals surface area contributed by atoms with Crippen LogP contribution >= 0.6 is 11.6 Å². The van der Waals surface area contributed by atoms with Crippen LogP contribution in [0.1, 0.15) is 15.9 Å². The van der Waals surface area contributed by atoms with E-state index < -0.39 is 12.6 Å². The molecule has 0 radical (unpaired) electrons. The molecule has 2 aromatic carbocycles. The summed E-state index contributed by atoms with van der Waals surface area (Å²) in [6, 6.07) is 11.3. The number of rotatable bonds is 6. The molecule has 0 bridgehead atoms. The number of methoxy groups -OCH3 is 1. The van der Waals surface area contributed by atoms with Crippen molar-refractivity contribution in [2.24, 2.45) is 0 Å². The third kappa shape index (κ3) is 5.12. The average molecular weight is 364 g/mol. The van der Waals surface area contributed by atoms with Crippen LogP contribution in [0, 0.1) is 0 Å². The molecular formula is C18H18ClNO5. The Labute approximate surface area is 150 Å². The molecule has 0 saturated carbocycles. The fourth-order valence-corrected chi connectivity index (χ4v) is 2.25. The zero-order chi connectivity index (χ0) is 18.4. The number of hydrogen-bond acceptors (Lipinski definition) is 5. The fourth-order valence-electron chi connectivity index (χ4n) is 2.09. The minimum atomic E-state index is -0.791. The van der Waals surface area contributed by atoms with Crippen LogP contribution in [0.5, 0.6) is 11.5 Å². The van der Waals surface area contributed by atoms with Crippen molar-refractivity contribution in [2.75, 3.05) is 20.8 Å². The number of esters is 1. The van der Waals surface area contributed by atoms with Gasteiger partial charge in [0.25, 0.3) is 5.91 Å². The highest BCUT2D eigenvalue weighted by molar-refractivity contribution is 6.30. The molecule has 2 aromatic rings. The summed E-state index contributed by atoms with van der Waals surface area (Å²) < 4.78 is 10.0. The van der Waals surface area contributed by atoms with Gasteiger partial charge in [0.2, 0.25) is 0 Å². The van der Waals surface area contributed by atoms with E-state index in [1.807, 2.05) is 12.1 Å². The zero-order valence-electron chi connectivity index (χ0n) is 13.9. The molecule has 0 unspecified atom stereocenters. The predicted octanol–water partition coefficient (Wildman–Crippen LogP) is 2.87. The Morgan fingerprint density at radius 1 is 1.16 bits per heavy atom. The number of carbonyl (C=O) groups excluding carboxylic acids is 2. The molecule has 0 saturated heterocycles. The number of phenols is 1. The Hall–Kier alpha value is -2.73. The van der Waals surface area contributed by atoms with Crippen molar-refractivity contribution in [3.8, 4) is 11.5 Å². The van der Waals surface area contributed by atoms with Crippen molar-refractivity contribution in [1.29, 1.82) is 0 Å². The molecule has 0 fully saturated rings. The summed E-state index contributed by atoms with van der Waals surface area (Å²) >= 11 is 5.71. The second-order valence-corrected chi connectivity index (χ2v) is 5.77. The summed E-state index contributed by atoms with van der Waals surface area (Å²) in [5.74, 6) is -0.719. The van der Waals surface area contributed by atoms with Gasteiger partial charge in [-0.2, -0.15) is 0 Å². The lowest BCUT2D eigenvalue weighted by atomic mass is 10.2. The molecule has 2 rings (SSSR count). The van der Waals surface area contributed by atoms with Gasteiger partial charge in [0.05, 0.1) is 7.11 Å². The SMILES string of the molecule is COc1ccc(CN(C)C(=O)COC(=O)c2ccc(Cl)cc2O)cc1. The molecule has 0 aliphatic carbocycles. The lowest BCUT2D eigenvalue weighted by Crippen LogP contribution is -2.30. The lowest BCUT2D eigenvalue weighted by Gasteiger charge is -2.17. The summed E-state index contributed by atoms with van der Waals surface area (Å²) in [6.07, 6.45) is 0. The first-order valence-electron chi connectivity index (χ1n) is 7.43. The first-order chi connectivity index (χ1) is 11.9. The molecule has 7 heteroatoms. The number of hydrogen-bond donors (Lipinski definition) is 1. The van der Waals surface area contributed by atoms with Crippen molar-refractivity contribution in [3.63, 3.8) is 0 Å². The van der Waals surface area contributed by atoms with E-state index in [9.17, 15) is 14.7 Å². The predicted molar refractivity (Wildman–Crippen MR) is 92.9 cm³/mol. The van der Waals surface area contributed by atoms with Crippen molar-refractivity contribution >= 4 is 23.5 Å². The van der Waals surface area contributed by atoms with Crippen molar-refractivity contribution in [1.82, 2.24) is 4.90 Å². The van der Waals surface area contributed by atoms with E-state index in [4.69, 9.17) is 21.1 Å². The first kappa shape index (κ1) is 18.6. The fraction of sp³-hybridized carbons (Fsp3) is 0.222. The van der Waals surface area contributed by atoms with Gasteiger partial charge in [0.1, 0.15) is 17.1 Å². The standard InChI is InChI=1S/C18H18ClNO5/c1-20(10-12-3-6-14(24-2)7-4-12)17(22)11-25-18(23)15-8-5-13(19)9-16(15)21/h3-9,21H,10-11H2,1-2H3. The second-order valence-electron chi connectivity index (χ2n) is 5.34. The van der Waals surface area contributed by atoms with E-state index >= 15 is 0 Å². The minimum Gasteiger partial charge on any atom is -0.507 e. The number of carbonyl (C=O) groups is 2. The maximum atomic E-state index is 12.1. The van der Waals surface area contributed by atoms with Crippen LogP contribution in [-0.4, -0.2) is 42.6 Å². The van der Waals surface area contributed by atoms with Gasteiger partial charge >= 0.3 is 5.97 Å². The van der Waals surface area contributed by atoms with Crippen LogP contribution in [0.25, 0.3) is 0 Å². The van der Waals surface area contributed by atoms with Gasteiger partial charge in [0, 0.05) is 18.6 Å². The van der Waals surface area contributed by atoms with E-state index in [2.05, 4.69) is 0 Å². The summed E-state index contributed by atoms with van der Waals surface area (Å²) in [7, 11) is 3.19. The first-order valence-corrected chi connectivity index (χ1v) is 7.81. The molecule has 132 valence electrons. The van der Waals surface area contributed by atoms with Gasteiger partial charge in [-0.15, -0.1) is 0 Å². The van der Waals surface area contributed by atoms with Crippen LogP contribution in [0.4, 0.5) is 0 Å². The molecule has 1 amide bonds. The number of likely N-dealkylation sites (N-methyl/N-ethyl adjacent to an activating group) is 1. The molecule has 0 aliphatic heterocycles. The van der Waals surface area contributed by atoms with Gasteiger partial charge in [-0.1, -0.05) is 23.7 Å². The summed E-state index contributed by atoms with van der Waals surface area (Å²) in [5, 5.41) is 9.98. The Morgan fingerprint density at radius 3 is 2.44 bits per heavy atom. The Bertz CT molecular complexity index is 761.